The highest BCUT2D eigenvalue weighted by Crippen LogP contribution is 2.09. The number of rotatable bonds is 5. The van der Waals surface area contributed by atoms with Gasteiger partial charge in [0.1, 0.15) is 0 Å². The van der Waals surface area contributed by atoms with Gasteiger partial charge in [0.05, 0.1) is 12.2 Å². The van der Waals surface area contributed by atoms with E-state index in [-0.39, 0.29) is 5.28 Å². The number of nitrogens with zero attached hydrogens (tertiary/aromatic N) is 5. The van der Waals surface area contributed by atoms with Gasteiger partial charge in [-0.15, -0.1) is 0 Å². The molecule has 7 nitrogen and oxygen atoms in total. The van der Waals surface area contributed by atoms with Crippen LogP contribution in [0.3, 0.4) is 0 Å². The number of halogens is 1. The smallest absolute Gasteiger partial charge is 0.229 e. The molecule has 2 heterocycles. The van der Waals surface area contributed by atoms with Crippen LogP contribution in [0.4, 0.5) is 11.9 Å². The molecule has 0 saturated heterocycles. The zero-order valence-electron chi connectivity index (χ0n) is 9.76. The molecular weight excluding hydrogens is 254 g/mol. The second kappa shape index (κ2) is 6.06. The highest BCUT2D eigenvalue weighted by Gasteiger charge is 2.04. The Morgan fingerprint density at radius 1 is 1.17 bits per heavy atom. The van der Waals surface area contributed by atoms with E-state index < -0.39 is 0 Å². The van der Waals surface area contributed by atoms with E-state index in [1.54, 1.807) is 6.20 Å². The Bertz CT molecular complexity index is 505. The maximum Gasteiger partial charge on any atom is 0.229 e. The Morgan fingerprint density at radius 3 is 2.61 bits per heavy atom. The summed E-state index contributed by atoms with van der Waals surface area (Å²) in [5, 5.41) is 13.8. The van der Waals surface area contributed by atoms with E-state index in [0.717, 1.165) is 5.69 Å². The van der Waals surface area contributed by atoms with Crippen molar-refractivity contribution in [2.24, 2.45) is 0 Å². The normalized spacial score (nSPS) is 10.1. The summed E-state index contributed by atoms with van der Waals surface area (Å²) in [7, 11) is 0. The lowest BCUT2D eigenvalue weighted by molar-refractivity contribution is 0.907. The van der Waals surface area contributed by atoms with Gasteiger partial charge in [0.25, 0.3) is 0 Å². The van der Waals surface area contributed by atoms with E-state index in [4.69, 9.17) is 11.6 Å². The van der Waals surface area contributed by atoms with Crippen molar-refractivity contribution in [3.63, 3.8) is 0 Å². The van der Waals surface area contributed by atoms with Crippen LogP contribution in [0.15, 0.2) is 18.3 Å². The largest absolute Gasteiger partial charge is 0.354 e. The summed E-state index contributed by atoms with van der Waals surface area (Å²) in [6, 6.07) is 3.67. The second-order valence-corrected chi connectivity index (χ2v) is 3.69. The van der Waals surface area contributed by atoms with Crippen LogP contribution in [0.25, 0.3) is 0 Å². The van der Waals surface area contributed by atoms with Gasteiger partial charge in [-0.25, -0.2) is 0 Å². The van der Waals surface area contributed by atoms with Gasteiger partial charge < -0.3 is 10.6 Å². The Morgan fingerprint density at radius 2 is 1.94 bits per heavy atom. The van der Waals surface area contributed by atoms with Crippen molar-refractivity contribution >= 4 is 23.5 Å². The first kappa shape index (κ1) is 12.4. The molecule has 0 bridgehead atoms. The highest BCUT2D eigenvalue weighted by atomic mass is 35.5. The minimum absolute atomic E-state index is 0.141. The van der Waals surface area contributed by atoms with E-state index in [1.807, 2.05) is 19.1 Å². The predicted octanol–water partition coefficient (Wildman–Crippen LogP) is 1.36. The van der Waals surface area contributed by atoms with Crippen molar-refractivity contribution in [2.45, 2.75) is 13.5 Å². The summed E-state index contributed by atoms with van der Waals surface area (Å²) in [5.41, 5.74) is 0.791. The van der Waals surface area contributed by atoms with Crippen molar-refractivity contribution in [1.82, 2.24) is 25.1 Å². The van der Waals surface area contributed by atoms with Gasteiger partial charge in [0.2, 0.25) is 17.2 Å². The van der Waals surface area contributed by atoms with E-state index >= 15 is 0 Å². The SMILES string of the molecule is CCNc1nc(Cl)nc(NCc2cccnn2)n1. The number of hydrogen-bond donors (Lipinski definition) is 2. The van der Waals surface area contributed by atoms with Crippen LogP contribution in [-0.4, -0.2) is 31.7 Å². The topological polar surface area (TPSA) is 88.5 Å². The Kier molecular flexibility index (Phi) is 4.19. The first-order chi connectivity index (χ1) is 8.78. The summed E-state index contributed by atoms with van der Waals surface area (Å²) < 4.78 is 0. The van der Waals surface area contributed by atoms with Crippen LogP contribution in [0.1, 0.15) is 12.6 Å². The Hall–Kier alpha value is -2.02. The minimum Gasteiger partial charge on any atom is -0.354 e. The molecule has 2 aromatic heterocycles. The van der Waals surface area contributed by atoms with E-state index in [1.165, 1.54) is 0 Å². The van der Waals surface area contributed by atoms with Gasteiger partial charge >= 0.3 is 0 Å². The molecule has 2 rings (SSSR count). The predicted molar refractivity (Wildman–Crippen MR) is 68.4 cm³/mol. The molecule has 8 heteroatoms. The van der Waals surface area contributed by atoms with Gasteiger partial charge in [-0.2, -0.15) is 25.1 Å². The summed E-state index contributed by atoms with van der Waals surface area (Å²) in [6.45, 7) is 3.13. The fraction of sp³-hybridized carbons (Fsp3) is 0.300. The van der Waals surface area contributed by atoms with Crippen LogP contribution < -0.4 is 10.6 Å². The molecule has 0 radical (unpaired) electrons. The Labute approximate surface area is 109 Å². The van der Waals surface area contributed by atoms with Crippen LogP contribution in [0, 0.1) is 0 Å². The van der Waals surface area contributed by atoms with Crippen LogP contribution in [-0.2, 0) is 6.54 Å². The molecule has 2 aromatic rings. The zero-order chi connectivity index (χ0) is 12.8. The van der Waals surface area contributed by atoms with Crippen molar-refractivity contribution in [3.05, 3.63) is 29.3 Å². The van der Waals surface area contributed by atoms with Crippen molar-refractivity contribution in [1.29, 1.82) is 0 Å². The molecule has 0 spiro atoms. The summed E-state index contributed by atoms with van der Waals surface area (Å²) in [6.07, 6.45) is 1.62. The number of aromatic nitrogens is 5. The molecule has 0 saturated carbocycles. The molecule has 0 fully saturated rings. The number of hydrogen-bond acceptors (Lipinski definition) is 7. The van der Waals surface area contributed by atoms with Crippen molar-refractivity contribution in [2.75, 3.05) is 17.2 Å². The zero-order valence-corrected chi connectivity index (χ0v) is 10.5. The average molecular weight is 266 g/mol. The summed E-state index contributed by atoms with van der Waals surface area (Å²) in [4.78, 5) is 12.1. The maximum atomic E-state index is 5.80. The monoisotopic (exact) mass is 265 g/mol. The van der Waals surface area contributed by atoms with Crippen LogP contribution >= 0.6 is 11.6 Å². The first-order valence-electron chi connectivity index (χ1n) is 5.44. The quantitative estimate of drug-likeness (QED) is 0.844. The lowest BCUT2D eigenvalue weighted by atomic mass is 10.4. The van der Waals surface area contributed by atoms with E-state index in [2.05, 4.69) is 35.8 Å². The maximum absolute atomic E-state index is 5.80. The van der Waals surface area contributed by atoms with Crippen LogP contribution in [0.5, 0.6) is 0 Å². The molecule has 0 unspecified atom stereocenters. The van der Waals surface area contributed by atoms with E-state index in [0.29, 0.717) is 25.0 Å². The minimum atomic E-state index is 0.141. The van der Waals surface area contributed by atoms with E-state index in [9.17, 15) is 0 Å². The number of anilines is 2. The first-order valence-corrected chi connectivity index (χ1v) is 5.81. The fourth-order valence-corrected chi connectivity index (χ4v) is 1.42. The molecule has 2 N–H and O–H groups in total. The fourth-order valence-electron chi connectivity index (χ4n) is 1.26. The molecule has 0 atom stereocenters. The lowest BCUT2D eigenvalue weighted by Crippen LogP contribution is -2.09. The standard InChI is InChI=1S/C10H12ClN7/c1-2-12-9-15-8(11)16-10(17-9)13-6-7-4-3-5-14-18-7/h3-5H,2,6H2,1H3,(H2,12,13,15,16,17). The number of nitrogens with one attached hydrogen (secondary N) is 2. The van der Waals surface area contributed by atoms with Gasteiger partial charge in [-0.1, -0.05) is 0 Å². The highest BCUT2D eigenvalue weighted by molar-refractivity contribution is 6.28. The van der Waals surface area contributed by atoms with Gasteiger partial charge in [-0.05, 0) is 30.7 Å². The Balaban J connectivity index is 2.05. The molecule has 0 aromatic carbocycles. The molecule has 18 heavy (non-hydrogen) atoms. The van der Waals surface area contributed by atoms with Crippen molar-refractivity contribution in [3.8, 4) is 0 Å². The summed E-state index contributed by atoms with van der Waals surface area (Å²) in [5.74, 6) is 0.843. The molecular formula is C10H12ClN7. The summed E-state index contributed by atoms with van der Waals surface area (Å²) >= 11 is 5.80. The third-order valence-corrected chi connectivity index (χ3v) is 2.17. The third-order valence-electron chi connectivity index (χ3n) is 2.00. The molecule has 0 aliphatic rings. The second-order valence-electron chi connectivity index (χ2n) is 3.35. The third kappa shape index (κ3) is 3.49. The molecule has 94 valence electrons. The van der Waals surface area contributed by atoms with Gasteiger partial charge in [0, 0.05) is 12.7 Å². The van der Waals surface area contributed by atoms with Crippen molar-refractivity contribution < 1.29 is 0 Å². The van der Waals surface area contributed by atoms with Gasteiger partial charge in [0.15, 0.2) is 0 Å². The lowest BCUT2D eigenvalue weighted by Gasteiger charge is -2.06. The molecule has 0 aliphatic heterocycles. The molecule has 0 aliphatic carbocycles. The van der Waals surface area contributed by atoms with Crippen LogP contribution in [0.2, 0.25) is 5.28 Å². The molecule has 0 amide bonds. The average Bonchev–Trinajstić information content (AvgIpc) is 2.37. The van der Waals surface area contributed by atoms with Gasteiger partial charge in [-0.3, -0.25) is 0 Å².